The van der Waals surface area contributed by atoms with Gasteiger partial charge in [-0.25, -0.2) is 0 Å². The molecule has 1 saturated heterocycles. The molecule has 0 amide bonds. The molecule has 20 heavy (non-hydrogen) atoms. The first kappa shape index (κ1) is 14.8. The summed E-state index contributed by atoms with van der Waals surface area (Å²) in [5.41, 5.74) is 0.599. The normalized spacial score (nSPS) is 23.2. The van der Waals surface area contributed by atoms with Crippen molar-refractivity contribution >= 4 is 23.5 Å². The van der Waals surface area contributed by atoms with Crippen LogP contribution in [-0.4, -0.2) is 28.2 Å². The van der Waals surface area contributed by atoms with Crippen molar-refractivity contribution in [2.24, 2.45) is 5.10 Å². The predicted molar refractivity (Wildman–Crippen MR) is 80.3 cm³/mol. The fraction of sp³-hybridized carbons (Fsp3) is 0.500. The summed E-state index contributed by atoms with van der Waals surface area (Å²) in [5, 5.41) is 17.6. The summed E-state index contributed by atoms with van der Waals surface area (Å²) in [5.74, 6) is 0. The highest BCUT2D eigenvalue weighted by atomic mass is 35.5. The lowest BCUT2D eigenvalue weighted by molar-refractivity contribution is -0.384. The molecule has 1 aliphatic heterocycles. The lowest BCUT2D eigenvalue weighted by atomic mass is 10.00. The van der Waals surface area contributed by atoms with Gasteiger partial charge in [0.2, 0.25) is 0 Å². The SMILES string of the molecule is C[C@@H]1CCC[C@@H](C)N1/N=C\c1ccc(Cl)c([N+](=O)[O-])c1. The summed E-state index contributed by atoms with van der Waals surface area (Å²) in [4.78, 5) is 10.4. The van der Waals surface area contributed by atoms with Crippen molar-refractivity contribution in [3.8, 4) is 0 Å². The molecular weight excluding hydrogens is 278 g/mol. The number of hydrogen-bond donors (Lipinski definition) is 0. The Hall–Kier alpha value is -1.62. The number of nitrogens with zero attached hydrogens (tertiary/aromatic N) is 3. The predicted octanol–water partition coefficient (Wildman–Crippen LogP) is 3.85. The number of hydrogen-bond acceptors (Lipinski definition) is 4. The summed E-state index contributed by atoms with van der Waals surface area (Å²) in [6.45, 7) is 4.30. The number of rotatable bonds is 3. The summed E-state index contributed by atoms with van der Waals surface area (Å²) in [6.07, 6.45) is 5.15. The van der Waals surface area contributed by atoms with E-state index in [1.165, 1.54) is 18.6 Å². The molecule has 0 aromatic heterocycles. The van der Waals surface area contributed by atoms with E-state index in [0.29, 0.717) is 17.6 Å². The van der Waals surface area contributed by atoms with Crippen LogP contribution in [0.15, 0.2) is 23.3 Å². The van der Waals surface area contributed by atoms with Gasteiger partial charge < -0.3 is 0 Å². The van der Waals surface area contributed by atoms with Gasteiger partial charge in [0.05, 0.1) is 11.1 Å². The van der Waals surface area contributed by atoms with Gasteiger partial charge in [-0.1, -0.05) is 17.7 Å². The number of halogens is 1. The van der Waals surface area contributed by atoms with Gasteiger partial charge in [0.25, 0.3) is 5.69 Å². The minimum Gasteiger partial charge on any atom is -0.292 e. The maximum Gasteiger partial charge on any atom is 0.288 e. The van der Waals surface area contributed by atoms with E-state index in [9.17, 15) is 10.1 Å². The van der Waals surface area contributed by atoms with E-state index < -0.39 is 4.92 Å². The highest BCUT2D eigenvalue weighted by Gasteiger charge is 2.22. The Labute approximate surface area is 123 Å². The molecule has 0 N–H and O–H groups in total. The lowest BCUT2D eigenvalue weighted by Crippen LogP contribution is -2.39. The van der Waals surface area contributed by atoms with Gasteiger partial charge in [-0.15, -0.1) is 0 Å². The fourth-order valence-corrected chi connectivity index (χ4v) is 2.71. The second-order valence-electron chi connectivity index (χ2n) is 5.22. The molecule has 0 saturated carbocycles. The minimum atomic E-state index is -0.480. The van der Waals surface area contributed by atoms with Gasteiger partial charge in [0.15, 0.2) is 0 Å². The lowest BCUT2D eigenvalue weighted by Gasteiger charge is -2.36. The molecular formula is C14H18ClN3O2. The van der Waals surface area contributed by atoms with Crippen molar-refractivity contribution in [2.75, 3.05) is 0 Å². The van der Waals surface area contributed by atoms with Gasteiger partial charge in [0.1, 0.15) is 5.02 Å². The van der Waals surface area contributed by atoms with Gasteiger partial charge in [-0.2, -0.15) is 5.10 Å². The van der Waals surface area contributed by atoms with Crippen LogP contribution in [0.25, 0.3) is 0 Å². The molecule has 0 aliphatic carbocycles. The molecule has 0 spiro atoms. The molecule has 1 fully saturated rings. The average molecular weight is 296 g/mol. The van der Waals surface area contributed by atoms with Gasteiger partial charge in [0, 0.05) is 23.7 Å². The van der Waals surface area contributed by atoms with E-state index in [2.05, 4.69) is 24.0 Å². The highest BCUT2D eigenvalue weighted by Crippen LogP contribution is 2.25. The molecule has 1 aliphatic rings. The van der Waals surface area contributed by atoms with Crippen molar-refractivity contribution in [1.29, 1.82) is 0 Å². The van der Waals surface area contributed by atoms with E-state index >= 15 is 0 Å². The number of benzene rings is 1. The van der Waals surface area contributed by atoms with Gasteiger partial charge in [-0.3, -0.25) is 15.1 Å². The van der Waals surface area contributed by atoms with Crippen molar-refractivity contribution < 1.29 is 4.92 Å². The Morgan fingerprint density at radius 1 is 1.40 bits per heavy atom. The molecule has 5 nitrogen and oxygen atoms in total. The van der Waals surface area contributed by atoms with Crippen molar-refractivity contribution in [3.05, 3.63) is 38.9 Å². The van der Waals surface area contributed by atoms with Crippen LogP contribution < -0.4 is 0 Å². The molecule has 1 aromatic rings. The Morgan fingerprint density at radius 2 is 2.05 bits per heavy atom. The third kappa shape index (κ3) is 3.28. The maximum atomic E-state index is 10.9. The third-order valence-electron chi connectivity index (χ3n) is 3.65. The van der Waals surface area contributed by atoms with Crippen molar-refractivity contribution in [1.82, 2.24) is 5.01 Å². The van der Waals surface area contributed by atoms with E-state index in [1.54, 1.807) is 12.3 Å². The molecule has 0 unspecified atom stereocenters. The molecule has 0 bridgehead atoms. The first-order chi connectivity index (χ1) is 9.49. The molecule has 1 heterocycles. The van der Waals surface area contributed by atoms with Gasteiger partial charge in [-0.05, 0) is 39.2 Å². The Bertz CT molecular complexity index is 523. The third-order valence-corrected chi connectivity index (χ3v) is 3.97. The monoisotopic (exact) mass is 295 g/mol. The summed E-state index contributed by atoms with van der Waals surface area (Å²) in [6, 6.07) is 5.52. The molecule has 6 heteroatoms. The van der Waals surface area contributed by atoms with Crippen LogP contribution in [0, 0.1) is 10.1 Å². The van der Waals surface area contributed by atoms with Crippen molar-refractivity contribution in [2.45, 2.75) is 45.2 Å². The minimum absolute atomic E-state index is 0.0876. The molecule has 0 radical (unpaired) electrons. The number of hydrazone groups is 1. The second kappa shape index (κ2) is 6.22. The zero-order chi connectivity index (χ0) is 14.7. The highest BCUT2D eigenvalue weighted by molar-refractivity contribution is 6.32. The van der Waals surface area contributed by atoms with Crippen LogP contribution in [0.1, 0.15) is 38.7 Å². The van der Waals surface area contributed by atoms with Crippen LogP contribution in [0.3, 0.4) is 0 Å². The van der Waals surface area contributed by atoms with Gasteiger partial charge >= 0.3 is 0 Å². The zero-order valence-corrected chi connectivity index (χ0v) is 12.4. The summed E-state index contributed by atoms with van der Waals surface area (Å²) in [7, 11) is 0. The smallest absolute Gasteiger partial charge is 0.288 e. The van der Waals surface area contributed by atoms with E-state index in [0.717, 1.165) is 12.8 Å². The average Bonchev–Trinajstić information content (AvgIpc) is 2.39. The Kier molecular flexibility index (Phi) is 4.60. The summed E-state index contributed by atoms with van der Waals surface area (Å²) >= 11 is 5.79. The number of piperidine rings is 1. The van der Waals surface area contributed by atoms with Crippen LogP contribution >= 0.6 is 11.6 Å². The number of nitro benzene ring substituents is 1. The van der Waals surface area contributed by atoms with E-state index in [-0.39, 0.29) is 10.7 Å². The molecule has 1 aromatic carbocycles. The van der Waals surface area contributed by atoms with E-state index in [1.807, 2.05) is 0 Å². The fourth-order valence-electron chi connectivity index (χ4n) is 2.52. The van der Waals surface area contributed by atoms with Crippen molar-refractivity contribution in [3.63, 3.8) is 0 Å². The zero-order valence-electron chi connectivity index (χ0n) is 11.6. The van der Waals surface area contributed by atoms with Crippen LogP contribution in [0.4, 0.5) is 5.69 Å². The first-order valence-corrected chi connectivity index (χ1v) is 7.13. The maximum absolute atomic E-state index is 10.9. The molecule has 108 valence electrons. The summed E-state index contributed by atoms with van der Waals surface area (Å²) < 4.78 is 0. The quantitative estimate of drug-likeness (QED) is 0.483. The van der Waals surface area contributed by atoms with Crippen LogP contribution in [-0.2, 0) is 0 Å². The second-order valence-corrected chi connectivity index (χ2v) is 5.63. The molecule has 2 atom stereocenters. The standard InChI is InChI=1S/C14H18ClN3O2/c1-10-4-3-5-11(2)17(10)16-9-12-6-7-13(15)14(8-12)18(19)20/h6-11H,3-5H2,1-2H3/b16-9-/t10-,11-/m1/s1. The Balaban J connectivity index is 2.18. The molecule has 2 rings (SSSR count). The van der Waals surface area contributed by atoms with E-state index in [4.69, 9.17) is 11.6 Å². The van der Waals surface area contributed by atoms with Crippen LogP contribution in [0.5, 0.6) is 0 Å². The topological polar surface area (TPSA) is 58.7 Å². The largest absolute Gasteiger partial charge is 0.292 e. The number of nitro groups is 1. The Morgan fingerprint density at radius 3 is 2.65 bits per heavy atom. The first-order valence-electron chi connectivity index (χ1n) is 6.75. The van der Waals surface area contributed by atoms with Crippen LogP contribution in [0.2, 0.25) is 5.02 Å².